The Kier molecular flexibility index (Phi) is 4.99. The molecule has 6 heteroatoms. The minimum atomic E-state index is 0.747. The van der Waals surface area contributed by atoms with Gasteiger partial charge in [0.25, 0.3) is 0 Å². The molecule has 0 radical (unpaired) electrons. The Morgan fingerprint density at radius 3 is 2.20 bits per heavy atom. The average Bonchev–Trinajstić information content (AvgIpc) is 2.41. The van der Waals surface area contributed by atoms with Crippen LogP contribution in [0.1, 0.15) is 18.1 Å². The maximum atomic E-state index is 4.28. The fourth-order valence-electron chi connectivity index (χ4n) is 1.90. The summed E-state index contributed by atoms with van der Waals surface area (Å²) in [5, 5.41) is 6.51. The Labute approximate surface area is 135 Å². The third-order valence-electron chi connectivity index (χ3n) is 2.83. The van der Waals surface area contributed by atoms with E-state index in [1.165, 1.54) is 11.1 Å². The van der Waals surface area contributed by atoms with Crippen molar-refractivity contribution in [2.75, 3.05) is 17.2 Å². The molecule has 0 unspecified atom stereocenters. The van der Waals surface area contributed by atoms with Crippen LogP contribution >= 0.6 is 31.9 Å². The van der Waals surface area contributed by atoms with E-state index in [-0.39, 0.29) is 0 Å². The number of halogens is 2. The van der Waals surface area contributed by atoms with Gasteiger partial charge in [0, 0.05) is 16.7 Å². The molecule has 0 aliphatic rings. The largest absolute Gasteiger partial charge is 0.369 e. The Morgan fingerprint density at radius 1 is 1.00 bits per heavy atom. The molecule has 0 aliphatic carbocycles. The van der Waals surface area contributed by atoms with Crippen LogP contribution < -0.4 is 10.6 Å². The van der Waals surface area contributed by atoms with Gasteiger partial charge in [-0.25, -0.2) is 9.97 Å². The van der Waals surface area contributed by atoms with Gasteiger partial charge in [-0.2, -0.15) is 0 Å². The second-order valence-electron chi connectivity index (χ2n) is 4.46. The molecule has 1 aromatic heterocycles. The number of nitrogens with zero attached hydrogens (tertiary/aromatic N) is 2. The van der Waals surface area contributed by atoms with Crippen LogP contribution in [-0.2, 0) is 0 Å². The molecule has 2 aromatic rings. The molecule has 1 heterocycles. The van der Waals surface area contributed by atoms with Crippen LogP contribution in [0.15, 0.2) is 27.4 Å². The number of hydrogen-bond acceptors (Lipinski definition) is 4. The smallest absolute Gasteiger partial charge is 0.150 e. The van der Waals surface area contributed by atoms with E-state index in [4.69, 9.17) is 0 Å². The van der Waals surface area contributed by atoms with E-state index in [9.17, 15) is 0 Å². The Bertz CT molecular complexity index is 606. The molecule has 0 atom stereocenters. The van der Waals surface area contributed by atoms with Crippen molar-refractivity contribution in [2.45, 2.75) is 20.8 Å². The SMILES string of the molecule is CCNc1ncnc(Nc2cc(C)c(Br)c(C)c2)c1Br. The van der Waals surface area contributed by atoms with Crippen molar-refractivity contribution in [2.24, 2.45) is 0 Å². The monoisotopic (exact) mass is 398 g/mol. The fraction of sp³-hybridized carbons (Fsp3) is 0.286. The first kappa shape index (κ1) is 15.3. The molecular formula is C14H16Br2N4. The van der Waals surface area contributed by atoms with Gasteiger partial charge in [0.15, 0.2) is 0 Å². The van der Waals surface area contributed by atoms with E-state index in [1.54, 1.807) is 6.33 Å². The lowest BCUT2D eigenvalue weighted by Gasteiger charge is -2.13. The summed E-state index contributed by atoms with van der Waals surface area (Å²) in [6, 6.07) is 4.16. The molecule has 20 heavy (non-hydrogen) atoms. The maximum absolute atomic E-state index is 4.28. The standard InChI is InChI=1S/C14H16Br2N4/c1-4-17-13-12(16)14(19-7-18-13)20-10-5-8(2)11(15)9(3)6-10/h5-7H,4H2,1-3H3,(H2,17,18,19,20). The first-order valence-corrected chi connectivity index (χ1v) is 7.89. The van der Waals surface area contributed by atoms with Crippen LogP contribution in [0.25, 0.3) is 0 Å². The van der Waals surface area contributed by atoms with Gasteiger partial charge in [-0.15, -0.1) is 0 Å². The molecule has 0 aliphatic heterocycles. The number of aromatic nitrogens is 2. The molecule has 0 amide bonds. The van der Waals surface area contributed by atoms with Crippen LogP contribution in [0.3, 0.4) is 0 Å². The molecule has 2 rings (SSSR count). The predicted molar refractivity (Wildman–Crippen MR) is 90.8 cm³/mol. The van der Waals surface area contributed by atoms with E-state index in [2.05, 4.69) is 78.4 Å². The third kappa shape index (κ3) is 3.30. The lowest BCUT2D eigenvalue weighted by atomic mass is 10.1. The highest BCUT2D eigenvalue weighted by atomic mass is 79.9. The van der Waals surface area contributed by atoms with E-state index < -0.39 is 0 Å². The summed E-state index contributed by atoms with van der Waals surface area (Å²) >= 11 is 7.10. The van der Waals surface area contributed by atoms with E-state index in [0.29, 0.717) is 0 Å². The lowest BCUT2D eigenvalue weighted by molar-refractivity contribution is 1.10. The van der Waals surface area contributed by atoms with Crippen molar-refractivity contribution in [3.8, 4) is 0 Å². The van der Waals surface area contributed by atoms with Crippen LogP contribution in [-0.4, -0.2) is 16.5 Å². The topological polar surface area (TPSA) is 49.8 Å². The van der Waals surface area contributed by atoms with Crippen LogP contribution in [0.4, 0.5) is 17.3 Å². The summed E-state index contributed by atoms with van der Waals surface area (Å²) in [5.41, 5.74) is 3.37. The van der Waals surface area contributed by atoms with Crippen LogP contribution in [0, 0.1) is 13.8 Å². The normalized spacial score (nSPS) is 10.4. The summed E-state index contributed by atoms with van der Waals surface area (Å²) < 4.78 is 1.97. The highest BCUT2D eigenvalue weighted by molar-refractivity contribution is 9.11. The Morgan fingerprint density at radius 2 is 1.60 bits per heavy atom. The van der Waals surface area contributed by atoms with Crippen molar-refractivity contribution >= 4 is 49.2 Å². The van der Waals surface area contributed by atoms with Crippen molar-refractivity contribution in [3.63, 3.8) is 0 Å². The molecule has 2 N–H and O–H groups in total. The highest BCUT2D eigenvalue weighted by Gasteiger charge is 2.09. The zero-order valence-electron chi connectivity index (χ0n) is 11.6. The minimum Gasteiger partial charge on any atom is -0.369 e. The van der Waals surface area contributed by atoms with Gasteiger partial charge in [-0.1, -0.05) is 15.9 Å². The van der Waals surface area contributed by atoms with Crippen LogP contribution in [0.5, 0.6) is 0 Å². The van der Waals surface area contributed by atoms with Crippen LogP contribution in [0.2, 0.25) is 0 Å². The van der Waals surface area contributed by atoms with Gasteiger partial charge >= 0.3 is 0 Å². The van der Waals surface area contributed by atoms with Crippen molar-refractivity contribution in [1.82, 2.24) is 9.97 Å². The molecule has 106 valence electrons. The van der Waals surface area contributed by atoms with E-state index in [1.807, 2.05) is 6.92 Å². The van der Waals surface area contributed by atoms with E-state index >= 15 is 0 Å². The van der Waals surface area contributed by atoms with Crippen molar-refractivity contribution in [1.29, 1.82) is 0 Å². The summed E-state index contributed by atoms with van der Waals surface area (Å²) in [4.78, 5) is 8.48. The Hall–Kier alpha value is -1.14. The number of nitrogens with one attached hydrogen (secondary N) is 2. The maximum Gasteiger partial charge on any atom is 0.150 e. The number of aryl methyl sites for hydroxylation is 2. The lowest BCUT2D eigenvalue weighted by Crippen LogP contribution is -2.04. The number of benzene rings is 1. The summed E-state index contributed by atoms with van der Waals surface area (Å²) in [6.07, 6.45) is 1.55. The van der Waals surface area contributed by atoms with Gasteiger partial charge in [0.2, 0.25) is 0 Å². The zero-order valence-corrected chi connectivity index (χ0v) is 14.8. The molecular weight excluding hydrogens is 384 g/mol. The van der Waals surface area contributed by atoms with E-state index in [0.717, 1.165) is 32.8 Å². The molecule has 0 fully saturated rings. The predicted octanol–water partition coefficient (Wildman–Crippen LogP) is 4.79. The third-order valence-corrected chi connectivity index (χ3v) is 4.83. The molecule has 0 bridgehead atoms. The quantitative estimate of drug-likeness (QED) is 0.775. The van der Waals surface area contributed by atoms with Gasteiger partial charge < -0.3 is 10.6 Å². The second kappa shape index (κ2) is 6.54. The summed E-state index contributed by atoms with van der Waals surface area (Å²) in [7, 11) is 0. The first-order chi connectivity index (χ1) is 9.52. The fourth-order valence-corrected chi connectivity index (χ4v) is 2.58. The minimum absolute atomic E-state index is 0.747. The van der Waals surface area contributed by atoms with Gasteiger partial charge in [0.05, 0.1) is 0 Å². The number of rotatable bonds is 4. The van der Waals surface area contributed by atoms with Gasteiger partial charge in [0.1, 0.15) is 22.4 Å². The number of anilines is 3. The molecule has 1 aromatic carbocycles. The number of hydrogen-bond donors (Lipinski definition) is 2. The molecule has 0 saturated heterocycles. The molecule has 0 spiro atoms. The average molecular weight is 400 g/mol. The highest BCUT2D eigenvalue weighted by Crippen LogP contribution is 2.31. The zero-order chi connectivity index (χ0) is 14.7. The summed E-state index contributed by atoms with van der Waals surface area (Å²) in [5.74, 6) is 1.53. The Balaban J connectivity index is 2.33. The summed E-state index contributed by atoms with van der Waals surface area (Å²) in [6.45, 7) is 6.98. The molecule has 0 saturated carbocycles. The molecule has 4 nitrogen and oxygen atoms in total. The van der Waals surface area contributed by atoms with Gasteiger partial charge in [-0.3, -0.25) is 0 Å². The van der Waals surface area contributed by atoms with Crippen molar-refractivity contribution < 1.29 is 0 Å². The van der Waals surface area contributed by atoms with Gasteiger partial charge in [-0.05, 0) is 60.0 Å². The van der Waals surface area contributed by atoms with Crippen molar-refractivity contribution in [3.05, 3.63) is 38.5 Å². The second-order valence-corrected chi connectivity index (χ2v) is 6.05. The first-order valence-electron chi connectivity index (χ1n) is 6.31.